The highest BCUT2D eigenvalue weighted by atomic mass is 16.1. The van der Waals surface area contributed by atoms with E-state index in [-0.39, 0.29) is 11.3 Å². The molecule has 0 saturated carbocycles. The van der Waals surface area contributed by atoms with E-state index < -0.39 is 0 Å². The lowest BCUT2D eigenvalue weighted by Crippen LogP contribution is -2.20. The molecule has 0 radical (unpaired) electrons. The van der Waals surface area contributed by atoms with E-state index in [2.05, 4.69) is 31.4 Å². The molecule has 0 aromatic heterocycles. The molecule has 3 nitrogen and oxygen atoms in total. The lowest BCUT2D eigenvalue weighted by atomic mass is 9.96. The number of carbonyl (C=O) groups is 1. The molecule has 1 aromatic rings. The number of rotatable bonds is 3. The molecule has 0 spiro atoms. The maximum Gasteiger partial charge on any atom is 0.251 e. The van der Waals surface area contributed by atoms with Crippen LogP contribution in [0.3, 0.4) is 0 Å². The van der Waals surface area contributed by atoms with Gasteiger partial charge >= 0.3 is 0 Å². The van der Waals surface area contributed by atoms with Crippen LogP contribution < -0.4 is 10.6 Å². The van der Waals surface area contributed by atoms with E-state index in [0.717, 1.165) is 17.8 Å². The van der Waals surface area contributed by atoms with Crippen molar-refractivity contribution in [1.82, 2.24) is 5.32 Å². The average molecular weight is 234 g/mol. The second kappa shape index (κ2) is 5.21. The zero-order valence-electron chi connectivity index (χ0n) is 11.3. The third kappa shape index (κ3) is 4.10. The van der Waals surface area contributed by atoms with Crippen molar-refractivity contribution in [3.63, 3.8) is 0 Å². The summed E-state index contributed by atoms with van der Waals surface area (Å²) in [5.74, 6) is -0.0459. The molecule has 1 aromatic carbocycles. The van der Waals surface area contributed by atoms with Gasteiger partial charge < -0.3 is 10.6 Å². The van der Waals surface area contributed by atoms with Crippen LogP contribution in [0.1, 0.15) is 36.7 Å². The Hall–Kier alpha value is -1.51. The number of benzene rings is 1. The molecule has 0 heterocycles. The molecule has 94 valence electrons. The van der Waals surface area contributed by atoms with E-state index in [4.69, 9.17) is 0 Å². The first-order chi connectivity index (χ1) is 7.83. The predicted molar refractivity (Wildman–Crippen MR) is 72.5 cm³/mol. The first-order valence-corrected chi connectivity index (χ1v) is 5.90. The largest absolute Gasteiger partial charge is 0.384 e. The van der Waals surface area contributed by atoms with Crippen molar-refractivity contribution in [2.75, 3.05) is 18.9 Å². The van der Waals surface area contributed by atoms with E-state index in [9.17, 15) is 4.79 Å². The third-order valence-electron chi connectivity index (χ3n) is 2.52. The number of hydrogen-bond acceptors (Lipinski definition) is 2. The molecule has 17 heavy (non-hydrogen) atoms. The van der Waals surface area contributed by atoms with Crippen LogP contribution in [0.2, 0.25) is 0 Å². The molecule has 0 aliphatic heterocycles. The first kappa shape index (κ1) is 13.6. The van der Waals surface area contributed by atoms with E-state index in [1.807, 2.05) is 25.1 Å². The Kier molecular flexibility index (Phi) is 4.16. The highest BCUT2D eigenvalue weighted by Crippen LogP contribution is 2.19. The highest BCUT2D eigenvalue weighted by Gasteiger charge is 2.11. The van der Waals surface area contributed by atoms with Gasteiger partial charge in [-0.25, -0.2) is 0 Å². The normalized spacial score (nSPS) is 11.1. The van der Waals surface area contributed by atoms with Crippen LogP contribution in [0.5, 0.6) is 0 Å². The van der Waals surface area contributed by atoms with Crippen molar-refractivity contribution in [3.8, 4) is 0 Å². The molecular weight excluding hydrogens is 212 g/mol. The Labute approximate surface area is 104 Å². The maximum atomic E-state index is 11.5. The molecule has 3 heteroatoms. The van der Waals surface area contributed by atoms with Gasteiger partial charge in [-0.3, -0.25) is 4.79 Å². The summed E-state index contributed by atoms with van der Waals surface area (Å²) in [6.07, 6.45) is 0. The average Bonchev–Trinajstić information content (AvgIpc) is 2.25. The summed E-state index contributed by atoms with van der Waals surface area (Å²) in [6.45, 7) is 9.49. The fraction of sp³-hybridized carbons (Fsp3) is 0.500. The molecule has 0 bridgehead atoms. The fourth-order valence-electron chi connectivity index (χ4n) is 1.51. The van der Waals surface area contributed by atoms with E-state index >= 15 is 0 Å². The molecule has 0 saturated heterocycles. The van der Waals surface area contributed by atoms with Gasteiger partial charge in [0.25, 0.3) is 5.91 Å². The van der Waals surface area contributed by atoms with Gasteiger partial charge in [0, 0.05) is 24.8 Å². The molecule has 1 amide bonds. The van der Waals surface area contributed by atoms with Gasteiger partial charge in [-0.1, -0.05) is 20.8 Å². The van der Waals surface area contributed by atoms with Crippen LogP contribution in [0.25, 0.3) is 0 Å². The zero-order chi connectivity index (χ0) is 13.1. The van der Waals surface area contributed by atoms with Crippen molar-refractivity contribution in [2.45, 2.75) is 27.7 Å². The second-order valence-electron chi connectivity index (χ2n) is 5.52. The Bertz CT molecular complexity index is 405. The fourth-order valence-corrected chi connectivity index (χ4v) is 1.51. The first-order valence-electron chi connectivity index (χ1n) is 5.90. The molecule has 2 N–H and O–H groups in total. The van der Waals surface area contributed by atoms with Crippen molar-refractivity contribution in [3.05, 3.63) is 29.3 Å². The molecule has 0 aliphatic carbocycles. The number of anilines is 1. The number of amides is 1. The van der Waals surface area contributed by atoms with Crippen molar-refractivity contribution >= 4 is 11.6 Å². The standard InChI is InChI=1S/C14H22N2O/c1-10-8-11(13(17)15-5)6-7-12(10)16-9-14(2,3)4/h6-8,16H,9H2,1-5H3,(H,15,17). The number of nitrogens with one attached hydrogen (secondary N) is 2. The van der Waals surface area contributed by atoms with Gasteiger partial charge in [0.2, 0.25) is 0 Å². The summed E-state index contributed by atoms with van der Waals surface area (Å²) in [5.41, 5.74) is 3.13. The summed E-state index contributed by atoms with van der Waals surface area (Å²) in [4.78, 5) is 11.5. The van der Waals surface area contributed by atoms with Crippen LogP contribution in [-0.4, -0.2) is 19.5 Å². The van der Waals surface area contributed by atoms with Crippen LogP contribution >= 0.6 is 0 Å². The van der Waals surface area contributed by atoms with Gasteiger partial charge in [-0.05, 0) is 36.1 Å². The number of aryl methyl sites for hydroxylation is 1. The Morgan fingerprint density at radius 2 is 1.94 bits per heavy atom. The summed E-state index contributed by atoms with van der Waals surface area (Å²) >= 11 is 0. The minimum Gasteiger partial charge on any atom is -0.384 e. The summed E-state index contributed by atoms with van der Waals surface area (Å²) in [7, 11) is 1.64. The minimum atomic E-state index is -0.0459. The van der Waals surface area contributed by atoms with Gasteiger partial charge in [-0.2, -0.15) is 0 Å². The van der Waals surface area contributed by atoms with Gasteiger partial charge in [0.05, 0.1) is 0 Å². The maximum absolute atomic E-state index is 11.5. The van der Waals surface area contributed by atoms with Crippen LogP contribution in [-0.2, 0) is 0 Å². The van der Waals surface area contributed by atoms with Gasteiger partial charge in [0.1, 0.15) is 0 Å². The number of carbonyl (C=O) groups excluding carboxylic acids is 1. The smallest absolute Gasteiger partial charge is 0.251 e. The van der Waals surface area contributed by atoms with Gasteiger partial charge in [-0.15, -0.1) is 0 Å². The zero-order valence-corrected chi connectivity index (χ0v) is 11.3. The van der Waals surface area contributed by atoms with Crippen LogP contribution in [0, 0.1) is 12.3 Å². The third-order valence-corrected chi connectivity index (χ3v) is 2.52. The van der Waals surface area contributed by atoms with E-state index in [0.29, 0.717) is 5.56 Å². The summed E-state index contributed by atoms with van der Waals surface area (Å²) in [6, 6.07) is 5.71. The highest BCUT2D eigenvalue weighted by molar-refractivity contribution is 5.94. The molecule has 0 fully saturated rings. The Balaban J connectivity index is 2.80. The lowest BCUT2D eigenvalue weighted by Gasteiger charge is -2.20. The summed E-state index contributed by atoms with van der Waals surface area (Å²) < 4.78 is 0. The van der Waals surface area contributed by atoms with Crippen LogP contribution in [0.15, 0.2) is 18.2 Å². The van der Waals surface area contributed by atoms with Crippen molar-refractivity contribution in [1.29, 1.82) is 0 Å². The lowest BCUT2D eigenvalue weighted by molar-refractivity contribution is 0.0963. The van der Waals surface area contributed by atoms with Crippen molar-refractivity contribution < 1.29 is 4.79 Å². The molecular formula is C14H22N2O. The Morgan fingerprint density at radius 1 is 1.29 bits per heavy atom. The topological polar surface area (TPSA) is 41.1 Å². The van der Waals surface area contributed by atoms with Crippen LogP contribution in [0.4, 0.5) is 5.69 Å². The van der Waals surface area contributed by atoms with Crippen molar-refractivity contribution in [2.24, 2.45) is 5.41 Å². The molecule has 0 atom stereocenters. The number of hydrogen-bond donors (Lipinski definition) is 2. The van der Waals surface area contributed by atoms with E-state index in [1.54, 1.807) is 7.05 Å². The molecule has 0 unspecified atom stereocenters. The quantitative estimate of drug-likeness (QED) is 0.844. The monoisotopic (exact) mass is 234 g/mol. The molecule has 0 aliphatic rings. The summed E-state index contributed by atoms with van der Waals surface area (Å²) in [5, 5.41) is 6.03. The molecule has 1 rings (SSSR count). The van der Waals surface area contributed by atoms with E-state index in [1.165, 1.54) is 0 Å². The second-order valence-corrected chi connectivity index (χ2v) is 5.52. The van der Waals surface area contributed by atoms with Gasteiger partial charge in [0.15, 0.2) is 0 Å². The predicted octanol–water partition coefficient (Wildman–Crippen LogP) is 2.81. The minimum absolute atomic E-state index is 0.0459. The Morgan fingerprint density at radius 3 is 2.41 bits per heavy atom. The SMILES string of the molecule is CNC(=O)c1ccc(NCC(C)(C)C)c(C)c1.